The van der Waals surface area contributed by atoms with Crippen molar-refractivity contribution < 1.29 is 9.90 Å². The number of carbonyl (C=O) groups is 1. The van der Waals surface area contributed by atoms with Crippen LogP contribution in [0.15, 0.2) is 36.5 Å². The minimum Gasteiger partial charge on any atom is -0.480 e. The molecule has 3 heteroatoms. The summed E-state index contributed by atoms with van der Waals surface area (Å²) in [7, 11) is 0. The summed E-state index contributed by atoms with van der Waals surface area (Å²) in [5.41, 5.74) is 4.55. The molecule has 2 aromatic rings. The topological polar surface area (TPSA) is 50.2 Å². The molecule has 3 nitrogen and oxygen atoms in total. The van der Waals surface area contributed by atoms with E-state index in [1.54, 1.807) is 18.3 Å². The fourth-order valence-corrected chi connectivity index (χ4v) is 2.59. The highest BCUT2D eigenvalue weighted by Gasteiger charge is 2.26. The lowest BCUT2D eigenvalue weighted by Gasteiger charge is -2.18. The van der Waals surface area contributed by atoms with Crippen molar-refractivity contribution >= 4 is 5.97 Å². The van der Waals surface area contributed by atoms with Gasteiger partial charge in [0.15, 0.2) is 0 Å². The van der Waals surface area contributed by atoms with E-state index in [0.29, 0.717) is 5.69 Å². The number of hydrogen-bond acceptors (Lipinski definition) is 2. The number of carboxylic acids is 1. The quantitative estimate of drug-likeness (QED) is 0.916. The van der Waals surface area contributed by atoms with E-state index in [-0.39, 0.29) is 0 Å². The molecule has 2 rings (SSSR count). The third kappa shape index (κ3) is 2.65. The largest absolute Gasteiger partial charge is 0.480 e. The monoisotopic (exact) mass is 255 g/mol. The molecule has 19 heavy (non-hydrogen) atoms. The molecule has 0 aliphatic carbocycles. The summed E-state index contributed by atoms with van der Waals surface area (Å²) in [4.78, 5) is 15.9. The van der Waals surface area contributed by atoms with Crippen LogP contribution in [0.3, 0.4) is 0 Å². The highest BCUT2D eigenvalue weighted by Crippen LogP contribution is 2.30. The van der Waals surface area contributed by atoms with Crippen LogP contribution in [0.25, 0.3) is 0 Å². The molecule has 1 aromatic heterocycles. The van der Waals surface area contributed by atoms with Gasteiger partial charge in [0.1, 0.15) is 5.92 Å². The number of nitrogens with zero attached hydrogens (tertiary/aromatic N) is 1. The molecule has 0 aliphatic heterocycles. The Morgan fingerprint density at radius 2 is 1.79 bits per heavy atom. The third-order valence-corrected chi connectivity index (χ3v) is 3.26. The molecule has 0 fully saturated rings. The second-order valence-corrected chi connectivity index (χ2v) is 4.84. The lowest BCUT2D eigenvalue weighted by molar-refractivity contribution is -0.137. The Balaban J connectivity index is 2.62. The van der Waals surface area contributed by atoms with Gasteiger partial charge in [-0.3, -0.25) is 9.78 Å². The SMILES string of the molecule is Cc1cc(C)c(C(C(=O)O)c2ccccn2)c(C)c1. The van der Waals surface area contributed by atoms with Crippen LogP contribution in [0.5, 0.6) is 0 Å². The van der Waals surface area contributed by atoms with Gasteiger partial charge in [0.2, 0.25) is 0 Å². The summed E-state index contributed by atoms with van der Waals surface area (Å²) >= 11 is 0. The van der Waals surface area contributed by atoms with E-state index in [9.17, 15) is 9.90 Å². The van der Waals surface area contributed by atoms with E-state index in [2.05, 4.69) is 4.98 Å². The highest BCUT2D eigenvalue weighted by molar-refractivity contribution is 5.81. The molecule has 1 N–H and O–H groups in total. The van der Waals surface area contributed by atoms with Crippen molar-refractivity contribution in [1.29, 1.82) is 0 Å². The maximum Gasteiger partial charge on any atom is 0.317 e. The van der Waals surface area contributed by atoms with Crippen molar-refractivity contribution in [1.82, 2.24) is 4.98 Å². The summed E-state index contributed by atoms with van der Waals surface area (Å²) in [6.45, 7) is 5.92. The predicted octanol–water partition coefficient (Wildman–Crippen LogP) is 3.22. The second kappa shape index (κ2) is 5.22. The van der Waals surface area contributed by atoms with E-state index < -0.39 is 11.9 Å². The first-order valence-electron chi connectivity index (χ1n) is 6.22. The molecule has 0 saturated carbocycles. The molecular formula is C16H17NO2. The molecule has 1 unspecified atom stereocenters. The fraction of sp³-hybridized carbons (Fsp3) is 0.250. The van der Waals surface area contributed by atoms with Crippen molar-refractivity contribution in [3.8, 4) is 0 Å². The van der Waals surface area contributed by atoms with Crippen LogP contribution in [-0.2, 0) is 4.79 Å². The van der Waals surface area contributed by atoms with Crippen LogP contribution in [0, 0.1) is 20.8 Å². The Morgan fingerprint density at radius 3 is 2.26 bits per heavy atom. The molecular weight excluding hydrogens is 238 g/mol. The first-order valence-corrected chi connectivity index (χ1v) is 6.22. The van der Waals surface area contributed by atoms with Crippen LogP contribution >= 0.6 is 0 Å². The third-order valence-electron chi connectivity index (χ3n) is 3.26. The standard InChI is InChI=1S/C16H17NO2/c1-10-8-11(2)14(12(3)9-10)15(16(18)19)13-6-4-5-7-17-13/h4-9,15H,1-3H3,(H,18,19). The Hall–Kier alpha value is -2.16. The molecule has 0 saturated heterocycles. The van der Waals surface area contributed by atoms with Gasteiger partial charge in [-0.2, -0.15) is 0 Å². The molecule has 0 radical (unpaired) electrons. The summed E-state index contributed by atoms with van der Waals surface area (Å²) in [6, 6.07) is 9.40. The number of aromatic nitrogens is 1. The number of hydrogen-bond donors (Lipinski definition) is 1. The van der Waals surface area contributed by atoms with Crippen LogP contribution in [0.2, 0.25) is 0 Å². The Bertz CT molecular complexity index is 582. The van der Waals surface area contributed by atoms with E-state index in [0.717, 1.165) is 22.3 Å². The fourth-order valence-electron chi connectivity index (χ4n) is 2.59. The second-order valence-electron chi connectivity index (χ2n) is 4.84. The summed E-state index contributed by atoms with van der Waals surface area (Å²) in [6.07, 6.45) is 1.63. The van der Waals surface area contributed by atoms with Gasteiger partial charge in [-0.15, -0.1) is 0 Å². The van der Waals surface area contributed by atoms with Gasteiger partial charge in [-0.05, 0) is 49.6 Å². The van der Waals surface area contributed by atoms with Crippen LogP contribution in [0.4, 0.5) is 0 Å². The number of benzene rings is 1. The van der Waals surface area contributed by atoms with Gasteiger partial charge in [0.25, 0.3) is 0 Å². The first kappa shape index (κ1) is 13.3. The number of aliphatic carboxylic acids is 1. The number of rotatable bonds is 3. The van der Waals surface area contributed by atoms with E-state index in [1.807, 2.05) is 39.0 Å². The number of aryl methyl sites for hydroxylation is 3. The van der Waals surface area contributed by atoms with Crippen molar-refractivity contribution in [2.24, 2.45) is 0 Å². The average Bonchev–Trinajstić information content (AvgIpc) is 2.34. The first-order chi connectivity index (χ1) is 9.00. The summed E-state index contributed by atoms with van der Waals surface area (Å²) in [5.74, 6) is -1.57. The summed E-state index contributed by atoms with van der Waals surface area (Å²) in [5, 5.41) is 9.56. The van der Waals surface area contributed by atoms with E-state index in [4.69, 9.17) is 0 Å². The molecule has 0 amide bonds. The van der Waals surface area contributed by atoms with Crippen LogP contribution in [0.1, 0.15) is 33.9 Å². The normalized spacial score (nSPS) is 12.2. The van der Waals surface area contributed by atoms with Gasteiger partial charge in [-0.25, -0.2) is 0 Å². The lowest BCUT2D eigenvalue weighted by Crippen LogP contribution is -2.17. The van der Waals surface area contributed by atoms with Crippen molar-refractivity contribution in [3.05, 3.63) is 64.5 Å². The van der Waals surface area contributed by atoms with Gasteiger partial charge in [-0.1, -0.05) is 23.8 Å². The zero-order valence-corrected chi connectivity index (χ0v) is 11.3. The molecule has 1 atom stereocenters. The number of carboxylic acid groups (broad SMARTS) is 1. The maximum atomic E-state index is 11.6. The number of pyridine rings is 1. The smallest absolute Gasteiger partial charge is 0.317 e. The molecule has 0 bridgehead atoms. The average molecular weight is 255 g/mol. The van der Waals surface area contributed by atoms with Crippen molar-refractivity contribution in [2.45, 2.75) is 26.7 Å². The van der Waals surface area contributed by atoms with Gasteiger partial charge in [0, 0.05) is 6.20 Å². The zero-order valence-electron chi connectivity index (χ0n) is 11.3. The van der Waals surface area contributed by atoms with Crippen LogP contribution in [-0.4, -0.2) is 16.1 Å². The van der Waals surface area contributed by atoms with Crippen LogP contribution < -0.4 is 0 Å². The van der Waals surface area contributed by atoms with E-state index in [1.165, 1.54) is 0 Å². The lowest BCUT2D eigenvalue weighted by atomic mass is 9.87. The zero-order chi connectivity index (χ0) is 14.0. The predicted molar refractivity (Wildman–Crippen MR) is 74.4 cm³/mol. The Morgan fingerprint density at radius 1 is 1.16 bits per heavy atom. The molecule has 1 heterocycles. The van der Waals surface area contributed by atoms with Gasteiger partial charge in [0.05, 0.1) is 5.69 Å². The van der Waals surface area contributed by atoms with Gasteiger partial charge >= 0.3 is 5.97 Å². The molecule has 1 aromatic carbocycles. The Labute approximate surface area is 112 Å². The maximum absolute atomic E-state index is 11.6. The van der Waals surface area contributed by atoms with Crippen molar-refractivity contribution in [3.63, 3.8) is 0 Å². The highest BCUT2D eigenvalue weighted by atomic mass is 16.4. The molecule has 98 valence electrons. The molecule has 0 aliphatic rings. The van der Waals surface area contributed by atoms with Crippen molar-refractivity contribution in [2.75, 3.05) is 0 Å². The minimum atomic E-state index is -0.867. The Kier molecular flexibility index (Phi) is 3.65. The van der Waals surface area contributed by atoms with Gasteiger partial charge < -0.3 is 5.11 Å². The van der Waals surface area contributed by atoms with E-state index >= 15 is 0 Å². The molecule has 0 spiro atoms. The minimum absolute atomic E-state index is 0.574. The summed E-state index contributed by atoms with van der Waals surface area (Å²) < 4.78 is 0.